The maximum atomic E-state index is 14.6. The van der Waals surface area contributed by atoms with Crippen molar-refractivity contribution in [2.75, 3.05) is 19.0 Å². The lowest BCUT2D eigenvalue weighted by Crippen LogP contribution is -2.36. The number of carbonyl (C=O) groups is 1. The minimum atomic E-state index is -0.925. The molecule has 0 saturated carbocycles. The molecular formula is C15H17FN6O2. The van der Waals surface area contributed by atoms with Gasteiger partial charge in [-0.15, -0.1) is 0 Å². The van der Waals surface area contributed by atoms with Crippen LogP contribution in [0.4, 0.5) is 15.1 Å². The van der Waals surface area contributed by atoms with E-state index in [9.17, 15) is 9.18 Å². The van der Waals surface area contributed by atoms with Gasteiger partial charge in [-0.25, -0.2) is 19.2 Å². The fraction of sp³-hybridized carbons (Fsp3) is 0.200. The van der Waals surface area contributed by atoms with Crippen molar-refractivity contribution in [3.63, 3.8) is 0 Å². The SMILES string of the molecule is CN(C)c1ncc(-c2cccc(COC(=O)NC(=N)N)c2F)cn1. The first-order chi connectivity index (χ1) is 11.4. The fourth-order valence-corrected chi connectivity index (χ4v) is 1.89. The summed E-state index contributed by atoms with van der Waals surface area (Å²) in [6, 6.07) is 4.72. The van der Waals surface area contributed by atoms with Crippen LogP contribution in [0.1, 0.15) is 5.56 Å². The highest BCUT2D eigenvalue weighted by atomic mass is 19.1. The van der Waals surface area contributed by atoms with E-state index in [0.717, 1.165) is 0 Å². The molecule has 1 aromatic heterocycles. The molecule has 8 nitrogen and oxygen atoms in total. The van der Waals surface area contributed by atoms with Gasteiger partial charge < -0.3 is 15.4 Å². The normalized spacial score (nSPS) is 10.1. The van der Waals surface area contributed by atoms with Gasteiger partial charge in [-0.05, 0) is 0 Å². The number of benzene rings is 1. The number of hydrogen-bond acceptors (Lipinski definition) is 6. The number of rotatable bonds is 4. The van der Waals surface area contributed by atoms with E-state index in [4.69, 9.17) is 15.9 Å². The Bertz CT molecular complexity index is 748. The third-order valence-corrected chi connectivity index (χ3v) is 3.02. The second-order valence-electron chi connectivity index (χ2n) is 5.06. The van der Waals surface area contributed by atoms with Crippen LogP contribution in [0.15, 0.2) is 30.6 Å². The molecule has 0 unspecified atom stereocenters. The van der Waals surface area contributed by atoms with Gasteiger partial charge >= 0.3 is 6.09 Å². The molecule has 2 rings (SSSR count). The zero-order chi connectivity index (χ0) is 17.7. The number of amides is 1. The number of aromatic nitrogens is 2. The maximum absolute atomic E-state index is 14.6. The summed E-state index contributed by atoms with van der Waals surface area (Å²) in [6.45, 7) is -0.296. The molecule has 4 N–H and O–H groups in total. The summed E-state index contributed by atoms with van der Waals surface area (Å²) < 4.78 is 19.4. The molecular weight excluding hydrogens is 315 g/mol. The van der Waals surface area contributed by atoms with E-state index in [1.807, 2.05) is 5.32 Å². The molecule has 0 aliphatic heterocycles. The Balaban J connectivity index is 2.18. The van der Waals surface area contributed by atoms with Crippen LogP contribution in [0.2, 0.25) is 0 Å². The number of halogens is 1. The van der Waals surface area contributed by atoms with E-state index < -0.39 is 17.9 Å². The number of ether oxygens (including phenoxy) is 1. The highest BCUT2D eigenvalue weighted by Gasteiger charge is 2.13. The summed E-state index contributed by atoms with van der Waals surface area (Å²) in [4.78, 5) is 21.3. The van der Waals surface area contributed by atoms with Gasteiger partial charge in [0.1, 0.15) is 12.4 Å². The van der Waals surface area contributed by atoms with E-state index in [0.29, 0.717) is 17.1 Å². The molecule has 0 atom stereocenters. The van der Waals surface area contributed by atoms with Crippen LogP contribution in [-0.2, 0) is 11.3 Å². The number of alkyl carbamates (subject to hydrolysis) is 1. The summed E-state index contributed by atoms with van der Waals surface area (Å²) in [6.07, 6.45) is 2.12. The molecule has 1 aromatic carbocycles. The Morgan fingerprint density at radius 3 is 2.62 bits per heavy atom. The standard InChI is InChI=1S/C15H17FN6O2/c1-22(2)14-19-6-10(7-20-14)11-5-3-4-9(12(11)16)8-24-15(23)21-13(17)18/h3-7H,8H2,1-2H3,(H4,17,18,21,23). The number of nitrogens with one attached hydrogen (secondary N) is 2. The summed E-state index contributed by atoms with van der Waals surface area (Å²) in [5.41, 5.74) is 6.00. The van der Waals surface area contributed by atoms with Crippen LogP contribution in [0.5, 0.6) is 0 Å². The first kappa shape index (κ1) is 17.1. The van der Waals surface area contributed by atoms with E-state index >= 15 is 0 Å². The van der Waals surface area contributed by atoms with Crippen LogP contribution in [-0.4, -0.2) is 36.1 Å². The van der Waals surface area contributed by atoms with Crippen molar-refractivity contribution in [2.24, 2.45) is 5.73 Å². The molecule has 126 valence electrons. The average molecular weight is 332 g/mol. The lowest BCUT2D eigenvalue weighted by atomic mass is 10.1. The summed E-state index contributed by atoms with van der Waals surface area (Å²) in [5, 5.41) is 8.87. The molecule has 2 aromatic rings. The predicted molar refractivity (Wildman–Crippen MR) is 87.0 cm³/mol. The highest BCUT2D eigenvalue weighted by molar-refractivity contribution is 5.90. The quantitative estimate of drug-likeness (QED) is 0.576. The van der Waals surface area contributed by atoms with E-state index in [2.05, 4.69) is 9.97 Å². The van der Waals surface area contributed by atoms with Crippen molar-refractivity contribution in [1.82, 2.24) is 15.3 Å². The molecule has 0 fully saturated rings. The summed E-state index contributed by atoms with van der Waals surface area (Å²) >= 11 is 0. The number of guanidine groups is 1. The molecule has 0 radical (unpaired) electrons. The average Bonchev–Trinajstić information content (AvgIpc) is 2.53. The van der Waals surface area contributed by atoms with Crippen LogP contribution >= 0.6 is 0 Å². The van der Waals surface area contributed by atoms with E-state index in [1.165, 1.54) is 18.5 Å². The number of nitrogens with two attached hydrogens (primary N) is 1. The van der Waals surface area contributed by atoms with Gasteiger partial charge in [0.25, 0.3) is 0 Å². The maximum Gasteiger partial charge on any atom is 0.414 e. The second kappa shape index (κ2) is 7.36. The summed E-state index contributed by atoms with van der Waals surface area (Å²) in [7, 11) is 3.61. The lowest BCUT2D eigenvalue weighted by molar-refractivity contribution is 0.143. The van der Waals surface area contributed by atoms with Crippen molar-refractivity contribution < 1.29 is 13.9 Å². The zero-order valence-corrected chi connectivity index (χ0v) is 13.2. The topological polar surface area (TPSA) is 117 Å². The number of carbonyl (C=O) groups excluding carboxylic acids is 1. The Morgan fingerprint density at radius 2 is 2.04 bits per heavy atom. The summed E-state index contributed by atoms with van der Waals surface area (Å²) in [5.74, 6) is -0.568. The monoisotopic (exact) mass is 332 g/mol. The lowest BCUT2D eigenvalue weighted by Gasteiger charge is -2.11. The van der Waals surface area contributed by atoms with Gasteiger partial charge in [0.15, 0.2) is 5.96 Å². The Hall–Kier alpha value is -3.23. The van der Waals surface area contributed by atoms with Crippen molar-refractivity contribution in [3.8, 4) is 11.1 Å². The van der Waals surface area contributed by atoms with Crippen LogP contribution in [0.3, 0.4) is 0 Å². The van der Waals surface area contributed by atoms with Gasteiger partial charge in [0, 0.05) is 43.2 Å². The second-order valence-corrected chi connectivity index (χ2v) is 5.06. The van der Waals surface area contributed by atoms with E-state index in [1.54, 1.807) is 31.1 Å². The van der Waals surface area contributed by atoms with Crippen molar-refractivity contribution >= 4 is 18.0 Å². The molecule has 9 heteroatoms. The van der Waals surface area contributed by atoms with E-state index in [-0.39, 0.29) is 12.2 Å². The molecule has 1 heterocycles. The molecule has 24 heavy (non-hydrogen) atoms. The van der Waals surface area contributed by atoms with Gasteiger partial charge in [0.05, 0.1) is 0 Å². The van der Waals surface area contributed by atoms with Crippen molar-refractivity contribution in [1.29, 1.82) is 5.41 Å². The van der Waals surface area contributed by atoms with Gasteiger partial charge in [-0.2, -0.15) is 0 Å². The van der Waals surface area contributed by atoms with Crippen LogP contribution < -0.4 is 16.0 Å². The Labute approximate surface area is 138 Å². The zero-order valence-electron chi connectivity index (χ0n) is 13.2. The molecule has 1 amide bonds. The predicted octanol–water partition coefficient (Wildman–Crippen LogP) is 1.47. The largest absolute Gasteiger partial charge is 0.444 e. The van der Waals surface area contributed by atoms with Crippen molar-refractivity contribution in [3.05, 3.63) is 42.0 Å². The van der Waals surface area contributed by atoms with Gasteiger partial charge in [0.2, 0.25) is 5.95 Å². The molecule has 0 saturated heterocycles. The van der Waals surface area contributed by atoms with Crippen LogP contribution in [0, 0.1) is 11.2 Å². The third-order valence-electron chi connectivity index (χ3n) is 3.02. The molecule has 0 bridgehead atoms. The van der Waals surface area contributed by atoms with Gasteiger partial charge in [-0.3, -0.25) is 10.7 Å². The number of nitrogens with zero attached hydrogens (tertiary/aromatic N) is 3. The number of anilines is 1. The minimum Gasteiger partial charge on any atom is -0.444 e. The first-order valence-corrected chi connectivity index (χ1v) is 6.93. The smallest absolute Gasteiger partial charge is 0.414 e. The van der Waals surface area contributed by atoms with Crippen LogP contribution in [0.25, 0.3) is 11.1 Å². The first-order valence-electron chi connectivity index (χ1n) is 6.93. The molecule has 0 aliphatic rings. The van der Waals surface area contributed by atoms with Crippen molar-refractivity contribution in [2.45, 2.75) is 6.61 Å². The molecule has 0 spiro atoms. The third kappa shape index (κ3) is 4.15. The number of hydrogen-bond donors (Lipinski definition) is 3. The Morgan fingerprint density at radius 1 is 1.38 bits per heavy atom. The fourth-order valence-electron chi connectivity index (χ4n) is 1.89. The van der Waals surface area contributed by atoms with Gasteiger partial charge in [-0.1, -0.05) is 18.2 Å². The molecule has 0 aliphatic carbocycles. The highest BCUT2D eigenvalue weighted by Crippen LogP contribution is 2.25. The Kier molecular flexibility index (Phi) is 5.25. The minimum absolute atomic E-state index is 0.183.